The summed E-state index contributed by atoms with van der Waals surface area (Å²) in [6.45, 7) is 10.1. The van der Waals surface area contributed by atoms with Crippen LogP contribution in [0.15, 0.2) is 54.7 Å². The molecule has 3 aromatic rings. The Morgan fingerprint density at radius 2 is 1.73 bits per heavy atom. The molecule has 2 aliphatic heterocycles. The number of amides is 2. The molecule has 3 heterocycles. The minimum absolute atomic E-state index is 0.146. The van der Waals surface area contributed by atoms with Gasteiger partial charge in [-0.1, -0.05) is 63.6 Å². The summed E-state index contributed by atoms with van der Waals surface area (Å²) in [5.74, 6) is 0.923. The maximum absolute atomic E-state index is 14.0. The van der Waals surface area contributed by atoms with Gasteiger partial charge >= 0.3 is 0 Å². The lowest BCUT2D eigenvalue weighted by molar-refractivity contribution is -0.133. The molecule has 7 nitrogen and oxygen atoms in total. The van der Waals surface area contributed by atoms with Crippen molar-refractivity contribution in [3.05, 3.63) is 60.3 Å². The van der Waals surface area contributed by atoms with Crippen molar-refractivity contribution in [1.82, 2.24) is 19.6 Å². The lowest BCUT2D eigenvalue weighted by Crippen LogP contribution is -2.53. The predicted molar refractivity (Wildman–Crippen MR) is 161 cm³/mol. The normalized spacial score (nSPS) is 20.4. The van der Waals surface area contributed by atoms with E-state index in [4.69, 9.17) is 0 Å². The van der Waals surface area contributed by atoms with E-state index in [1.807, 2.05) is 47.0 Å². The van der Waals surface area contributed by atoms with Gasteiger partial charge in [0.05, 0.1) is 18.3 Å². The van der Waals surface area contributed by atoms with E-state index in [9.17, 15) is 9.59 Å². The third kappa shape index (κ3) is 6.41. The van der Waals surface area contributed by atoms with Crippen molar-refractivity contribution < 1.29 is 9.59 Å². The third-order valence-electron chi connectivity index (χ3n) is 8.78. The number of rotatable bonds is 7. The number of hydrogen-bond donors (Lipinski definition) is 0. The fourth-order valence-electron chi connectivity index (χ4n) is 6.53. The zero-order chi connectivity index (χ0) is 28.1. The summed E-state index contributed by atoms with van der Waals surface area (Å²) in [6, 6.07) is 17.1. The summed E-state index contributed by atoms with van der Waals surface area (Å²) in [5, 5.41) is 5.65. The molecule has 2 aliphatic rings. The summed E-state index contributed by atoms with van der Waals surface area (Å²) in [4.78, 5) is 34.0. The van der Waals surface area contributed by atoms with Crippen molar-refractivity contribution in [2.45, 2.75) is 90.9 Å². The highest BCUT2D eigenvalue weighted by molar-refractivity contribution is 5.94. The fourth-order valence-corrected chi connectivity index (χ4v) is 6.53. The Balaban J connectivity index is 1.45. The van der Waals surface area contributed by atoms with Crippen LogP contribution in [-0.4, -0.2) is 63.1 Å². The largest absolute Gasteiger partial charge is 0.337 e. The second-order valence-corrected chi connectivity index (χ2v) is 11.9. The average Bonchev–Trinajstić information content (AvgIpc) is 3.38. The Morgan fingerprint density at radius 3 is 2.55 bits per heavy atom. The van der Waals surface area contributed by atoms with E-state index in [0.29, 0.717) is 43.9 Å². The molecule has 1 fully saturated rings. The Bertz CT molecular complexity index is 1300. The van der Waals surface area contributed by atoms with Crippen LogP contribution in [0.5, 0.6) is 0 Å². The van der Waals surface area contributed by atoms with Gasteiger partial charge < -0.3 is 9.80 Å². The quantitative estimate of drug-likeness (QED) is 0.374. The van der Waals surface area contributed by atoms with Gasteiger partial charge in [-0.3, -0.25) is 19.2 Å². The number of piperidine rings is 1. The molecule has 0 spiro atoms. The van der Waals surface area contributed by atoms with Gasteiger partial charge in [0.15, 0.2) is 0 Å². The van der Waals surface area contributed by atoms with Crippen LogP contribution < -0.4 is 4.90 Å². The van der Waals surface area contributed by atoms with Crippen LogP contribution in [0, 0.1) is 5.92 Å². The molecule has 0 aliphatic carbocycles. The number of aromatic nitrogens is 2. The number of carbonyl (C=O) groups excluding carboxylic acids is 2. The molecular weight excluding hydrogens is 498 g/mol. The first-order valence-electron chi connectivity index (χ1n) is 15.3. The Morgan fingerprint density at radius 1 is 0.950 bits per heavy atom. The zero-order valence-corrected chi connectivity index (χ0v) is 24.5. The van der Waals surface area contributed by atoms with Gasteiger partial charge in [0.1, 0.15) is 0 Å². The summed E-state index contributed by atoms with van der Waals surface area (Å²) in [6.07, 6.45) is 8.29. The van der Waals surface area contributed by atoms with Gasteiger partial charge in [-0.2, -0.15) is 5.10 Å². The molecule has 214 valence electrons. The maximum Gasteiger partial charge on any atom is 0.226 e. The van der Waals surface area contributed by atoms with E-state index in [1.165, 1.54) is 6.42 Å². The SMILES string of the molecule is CCC(=O)N1CCC2CCCC(CN(C(=O)CCn3ncc4ccccc43)Cc3ccccc31)N2CCC(C)C. The Kier molecular flexibility index (Phi) is 9.20. The molecule has 1 saturated heterocycles. The standard InChI is InChI=1S/C33H45N5O2/c1-4-32(39)37-20-17-28-12-9-13-29(36(28)19-16-25(2)3)24-35(23-27-11-6-7-14-30(27)37)33(40)18-21-38-31-15-8-5-10-26(31)22-34-38/h5-8,10-11,14-15,22,25,28-29H,4,9,12-13,16-21,23-24H2,1-3H3. The van der Waals surface area contributed by atoms with E-state index in [2.05, 4.69) is 53.0 Å². The van der Waals surface area contributed by atoms with Gasteiger partial charge in [0, 0.05) is 55.6 Å². The van der Waals surface area contributed by atoms with Crippen molar-refractivity contribution in [3.8, 4) is 0 Å². The van der Waals surface area contributed by atoms with Crippen LogP contribution in [0.3, 0.4) is 0 Å². The van der Waals surface area contributed by atoms with Crippen LogP contribution in [-0.2, 0) is 22.7 Å². The van der Waals surface area contributed by atoms with Crippen molar-refractivity contribution in [2.75, 3.05) is 24.5 Å². The van der Waals surface area contributed by atoms with Gasteiger partial charge in [-0.25, -0.2) is 0 Å². The minimum atomic E-state index is 0.146. The number of benzene rings is 2. The lowest BCUT2D eigenvalue weighted by atomic mass is 9.92. The fraction of sp³-hybridized carbons (Fsp3) is 0.545. The molecule has 2 unspecified atom stereocenters. The summed E-state index contributed by atoms with van der Waals surface area (Å²) in [5.41, 5.74) is 3.06. The summed E-state index contributed by atoms with van der Waals surface area (Å²) < 4.78 is 1.95. The van der Waals surface area contributed by atoms with E-state index < -0.39 is 0 Å². The molecule has 7 heteroatoms. The summed E-state index contributed by atoms with van der Waals surface area (Å²) in [7, 11) is 0. The second-order valence-electron chi connectivity index (χ2n) is 11.9. The van der Waals surface area contributed by atoms with E-state index >= 15 is 0 Å². The molecule has 2 amide bonds. The lowest BCUT2D eigenvalue weighted by Gasteiger charge is -2.44. The molecule has 0 radical (unpaired) electrons. The number of carbonyl (C=O) groups is 2. The highest BCUT2D eigenvalue weighted by atomic mass is 16.2. The van der Waals surface area contributed by atoms with Crippen LogP contribution in [0.25, 0.3) is 10.9 Å². The Labute approximate surface area is 239 Å². The molecule has 40 heavy (non-hydrogen) atoms. The highest BCUT2D eigenvalue weighted by Crippen LogP contribution is 2.31. The third-order valence-corrected chi connectivity index (χ3v) is 8.78. The monoisotopic (exact) mass is 543 g/mol. The first-order chi connectivity index (χ1) is 19.4. The van der Waals surface area contributed by atoms with Crippen molar-refractivity contribution in [2.24, 2.45) is 5.92 Å². The molecule has 2 bridgehead atoms. The number of fused-ring (bicyclic) bond motifs is 4. The summed E-state index contributed by atoms with van der Waals surface area (Å²) >= 11 is 0. The number of hydrogen-bond acceptors (Lipinski definition) is 4. The topological polar surface area (TPSA) is 61.7 Å². The molecule has 0 saturated carbocycles. The second kappa shape index (κ2) is 13.0. The first-order valence-corrected chi connectivity index (χ1v) is 15.3. The average molecular weight is 544 g/mol. The van der Waals surface area contributed by atoms with E-state index in [-0.39, 0.29) is 11.8 Å². The van der Waals surface area contributed by atoms with Gasteiger partial charge in [0.2, 0.25) is 11.8 Å². The van der Waals surface area contributed by atoms with E-state index in [1.54, 1.807) is 0 Å². The van der Waals surface area contributed by atoms with Crippen LogP contribution in [0.4, 0.5) is 5.69 Å². The minimum Gasteiger partial charge on any atom is -0.337 e. The highest BCUT2D eigenvalue weighted by Gasteiger charge is 2.34. The van der Waals surface area contributed by atoms with Crippen LogP contribution in [0.1, 0.15) is 71.3 Å². The molecule has 2 atom stereocenters. The first kappa shape index (κ1) is 28.3. The number of aryl methyl sites for hydroxylation is 1. The maximum atomic E-state index is 14.0. The smallest absolute Gasteiger partial charge is 0.226 e. The van der Waals surface area contributed by atoms with Crippen molar-refractivity contribution >= 4 is 28.4 Å². The molecular formula is C33H45N5O2. The number of anilines is 1. The molecule has 0 N–H and O–H groups in total. The predicted octanol–water partition coefficient (Wildman–Crippen LogP) is 5.87. The number of para-hydroxylation sites is 2. The zero-order valence-electron chi connectivity index (χ0n) is 24.5. The molecule has 1 aromatic heterocycles. The number of nitrogens with zero attached hydrogens (tertiary/aromatic N) is 5. The van der Waals surface area contributed by atoms with E-state index in [0.717, 1.165) is 67.5 Å². The van der Waals surface area contributed by atoms with Gasteiger partial charge in [0.25, 0.3) is 0 Å². The van der Waals surface area contributed by atoms with Gasteiger partial charge in [-0.05, 0) is 55.8 Å². The van der Waals surface area contributed by atoms with Crippen molar-refractivity contribution in [3.63, 3.8) is 0 Å². The van der Waals surface area contributed by atoms with Crippen LogP contribution >= 0.6 is 0 Å². The Hall–Kier alpha value is -3.19. The van der Waals surface area contributed by atoms with Crippen LogP contribution in [0.2, 0.25) is 0 Å². The molecule has 2 aromatic carbocycles. The van der Waals surface area contributed by atoms with Crippen molar-refractivity contribution in [1.29, 1.82) is 0 Å². The van der Waals surface area contributed by atoms with Gasteiger partial charge in [-0.15, -0.1) is 0 Å². The molecule has 5 rings (SSSR count).